The molecule has 0 radical (unpaired) electrons. The van der Waals surface area contributed by atoms with Crippen molar-refractivity contribution in [3.05, 3.63) is 28.8 Å². The smallest absolute Gasteiger partial charge is 0.129 e. The highest BCUT2D eigenvalue weighted by Gasteiger charge is 2.05. The molecule has 82 valence electrons. The molecule has 0 aliphatic heterocycles. The van der Waals surface area contributed by atoms with E-state index in [1.54, 1.807) is 19.1 Å². The highest BCUT2D eigenvalue weighted by Crippen LogP contribution is 2.22. The van der Waals surface area contributed by atoms with E-state index in [0.29, 0.717) is 12.2 Å². The van der Waals surface area contributed by atoms with Gasteiger partial charge in [0.2, 0.25) is 0 Å². The highest BCUT2D eigenvalue weighted by atomic mass is 16.3. The fourth-order valence-corrected chi connectivity index (χ4v) is 1.88. The molecule has 0 saturated carbocycles. The summed E-state index contributed by atoms with van der Waals surface area (Å²) in [7, 11) is 0. The summed E-state index contributed by atoms with van der Waals surface area (Å²) in [6, 6.07) is 3.55. The quantitative estimate of drug-likeness (QED) is 0.822. The summed E-state index contributed by atoms with van der Waals surface area (Å²) in [5.41, 5.74) is 3.47. The molecule has 0 heterocycles. The van der Waals surface area contributed by atoms with Gasteiger partial charge in [-0.15, -0.1) is 0 Å². The predicted octanol–water partition coefficient (Wildman–Crippen LogP) is 2.92. The SMILES string of the molecule is CC(=O)CCCc1c(C)cc(O)cc1C. The lowest BCUT2D eigenvalue weighted by Crippen LogP contribution is -1.97. The number of phenols is 1. The normalized spacial score (nSPS) is 10.3. The van der Waals surface area contributed by atoms with Crippen LogP contribution in [-0.2, 0) is 11.2 Å². The lowest BCUT2D eigenvalue weighted by molar-refractivity contribution is -0.117. The minimum absolute atomic E-state index is 0.240. The molecule has 1 N–H and O–H groups in total. The van der Waals surface area contributed by atoms with Gasteiger partial charge in [-0.25, -0.2) is 0 Å². The van der Waals surface area contributed by atoms with Crippen LogP contribution in [0, 0.1) is 13.8 Å². The Labute approximate surface area is 90.9 Å². The highest BCUT2D eigenvalue weighted by molar-refractivity contribution is 5.75. The minimum atomic E-state index is 0.240. The molecule has 0 saturated heterocycles. The van der Waals surface area contributed by atoms with Crippen molar-refractivity contribution in [2.75, 3.05) is 0 Å². The molecule has 0 atom stereocenters. The molecule has 2 heteroatoms. The molecule has 0 bridgehead atoms. The van der Waals surface area contributed by atoms with Crippen molar-refractivity contribution < 1.29 is 9.90 Å². The second-order valence-corrected chi connectivity index (χ2v) is 4.11. The Hall–Kier alpha value is -1.31. The Morgan fingerprint density at radius 1 is 1.27 bits per heavy atom. The van der Waals surface area contributed by atoms with Crippen LogP contribution in [0.1, 0.15) is 36.5 Å². The molecular formula is C13H18O2. The monoisotopic (exact) mass is 206 g/mol. The zero-order chi connectivity index (χ0) is 11.4. The van der Waals surface area contributed by atoms with Crippen molar-refractivity contribution in [3.63, 3.8) is 0 Å². The number of aromatic hydroxyl groups is 1. The van der Waals surface area contributed by atoms with Gasteiger partial charge >= 0.3 is 0 Å². The Kier molecular flexibility index (Phi) is 3.89. The van der Waals surface area contributed by atoms with E-state index in [-0.39, 0.29) is 5.78 Å². The lowest BCUT2D eigenvalue weighted by atomic mass is 9.97. The zero-order valence-electron chi connectivity index (χ0n) is 9.63. The molecule has 1 aromatic carbocycles. The summed E-state index contributed by atoms with van der Waals surface area (Å²) in [4.78, 5) is 10.8. The fraction of sp³-hybridized carbons (Fsp3) is 0.462. The number of rotatable bonds is 4. The standard InChI is InChI=1S/C13H18O2/c1-9-7-12(15)8-10(2)13(9)6-4-5-11(3)14/h7-8,15H,4-6H2,1-3H3. The van der Waals surface area contributed by atoms with Crippen LogP contribution >= 0.6 is 0 Å². The van der Waals surface area contributed by atoms with Crippen molar-refractivity contribution >= 4 is 5.78 Å². The van der Waals surface area contributed by atoms with Crippen LogP contribution in [0.4, 0.5) is 0 Å². The van der Waals surface area contributed by atoms with E-state index in [9.17, 15) is 9.90 Å². The van der Waals surface area contributed by atoms with E-state index < -0.39 is 0 Å². The third-order valence-electron chi connectivity index (χ3n) is 2.64. The molecule has 1 rings (SSSR count). The Morgan fingerprint density at radius 3 is 2.27 bits per heavy atom. The number of aryl methyl sites for hydroxylation is 2. The van der Waals surface area contributed by atoms with Crippen molar-refractivity contribution in [2.45, 2.75) is 40.0 Å². The van der Waals surface area contributed by atoms with Crippen molar-refractivity contribution in [1.82, 2.24) is 0 Å². The third kappa shape index (κ3) is 3.39. The molecule has 1 aromatic rings. The molecule has 15 heavy (non-hydrogen) atoms. The lowest BCUT2D eigenvalue weighted by Gasteiger charge is -2.09. The summed E-state index contributed by atoms with van der Waals surface area (Å²) in [6.07, 6.45) is 2.44. The molecule has 0 aromatic heterocycles. The van der Waals surface area contributed by atoms with Crippen molar-refractivity contribution in [1.29, 1.82) is 0 Å². The maximum atomic E-state index is 10.8. The molecule has 0 aliphatic rings. The van der Waals surface area contributed by atoms with Crippen LogP contribution in [0.25, 0.3) is 0 Å². The first kappa shape index (κ1) is 11.8. The number of hydrogen-bond acceptors (Lipinski definition) is 2. The molecule has 0 aliphatic carbocycles. The van der Waals surface area contributed by atoms with Crippen LogP contribution in [0.15, 0.2) is 12.1 Å². The molecule has 0 spiro atoms. The van der Waals surface area contributed by atoms with Gasteiger partial charge in [-0.3, -0.25) is 0 Å². The van der Waals surface area contributed by atoms with Gasteiger partial charge in [-0.05, 0) is 62.4 Å². The van der Waals surface area contributed by atoms with E-state index in [2.05, 4.69) is 0 Å². The Morgan fingerprint density at radius 2 is 1.80 bits per heavy atom. The summed E-state index contributed by atoms with van der Waals surface area (Å²) >= 11 is 0. The number of carbonyl (C=O) groups excluding carboxylic acids is 1. The molecule has 0 unspecified atom stereocenters. The van der Waals surface area contributed by atoms with Crippen LogP contribution < -0.4 is 0 Å². The summed E-state index contributed by atoms with van der Waals surface area (Å²) < 4.78 is 0. The summed E-state index contributed by atoms with van der Waals surface area (Å²) in [5, 5.41) is 9.38. The van der Waals surface area contributed by atoms with E-state index >= 15 is 0 Å². The topological polar surface area (TPSA) is 37.3 Å². The Bertz CT molecular complexity index is 344. The molecule has 2 nitrogen and oxygen atoms in total. The molecule has 0 amide bonds. The van der Waals surface area contributed by atoms with Gasteiger partial charge < -0.3 is 9.90 Å². The zero-order valence-corrected chi connectivity index (χ0v) is 9.63. The first-order chi connectivity index (χ1) is 7.00. The Balaban J connectivity index is 2.72. The average molecular weight is 206 g/mol. The van der Waals surface area contributed by atoms with Gasteiger partial charge in [-0.1, -0.05) is 0 Å². The maximum Gasteiger partial charge on any atom is 0.129 e. The van der Waals surface area contributed by atoms with E-state index in [4.69, 9.17) is 0 Å². The first-order valence-corrected chi connectivity index (χ1v) is 5.29. The van der Waals surface area contributed by atoms with Crippen molar-refractivity contribution in [3.8, 4) is 5.75 Å². The van der Waals surface area contributed by atoms with Gasteiger partial charge in [0.25, 0.3) is 0 Å². The third-order valence-corrected chi connectivity index (χ3v) is 2.64. The average Bonchev–Trinajstić information content (AvgIpc) is 2.08. The van der Waals surface area contributed by atoms with Gasteiger partial charge in [-0.2, -0.15) is 0 Å². The summed E-state index contributed by atoms with van der Waals surface area (Å²) in [5.74, 6) is 0.560. The first-order valence-electron chi connectivity index (χ1n) is 5.29. The molecule has 0 fully saturated rings. The number of carbonyl (C=O) groups is 1. The van der Waals surface area contributed by atoms with E-state index in [1.165, 1.54) is 5.56 Å². The number of hydrogen-bond donors (Lipinski definition) is 1. The van der Waals surface area contributed by atoms with Crippen molar-refractivity contribution in [2.24, 2.45) is 0 Å². The number of phenolic OH excluding ortho intramolecular Hbond substituents is 1. The van der Waals surface area contributed by atoms with Crippen LogP contribution in [0.3, 0.4) is 0 Å². The van der Waals surface area contributed by atoms with Gasteiger partial charge in [0.05, 0.1) is 0 Å². The van der Waals surface area contributed by atoms with E-state index in [1.807, 2.05) is 13.8 Å². The van der Waals surface area contributed by atoms with Gasteiger partial charge in [0, 0.05) is 6.42 Å². The molecular weight excluding hydrogens is 188 g/mol. The second kappa shape index (κ2) is 4.96. The number of benzene rings is 1. The number of Topliss-reactive ketones (excluding diaryl/α,β-unsaturated/α-hetero) is 1. The van der Waals surface area contributed by atoms with Gasteiger partial charge in [0.1, 0.15) is 11.5 Å². The van der Waals surface area contributed by atoms with Crippen LogP contribution in [-0.4, -0.2) is 10.9 Å². The maximum absolute atomic E-state index is 10.8. The number of ketones is 1. The van der Waals surface area contributed by atoms with E-state index in [0.717, 1.165) is 24.0 Å². The predicted molar refractivity (Wildman–Crippen MR) is 61.2 cm³/mol. The van der Waals surface area contributed by atoms with Crippen LogP contribution in [0.2, 0.25) is 0 Å². The van der Waals surface area contributed by atoms with Crippen LogP contribution in [0.5, 0.6) is 5.75 Å². The van der Waals surface area contributed by atoms with Gasteiger partial charge in [0.15, 0.2) is 0 Å². The largest absolute Gasteiger partial charge is 0.508 e. The second-order valence-electron chi connectivity index (χ2n) is 4.11. The summed E-state index contributed by atoms with van der Waals surface area (Å²) in [6.45, 7) is 5.61. The minimum Gasteiger partial charge on any atom is -0.508 e. The fourth-order valence-electron chi connectivity index (χ4n) is 1.88.